The molecular formula is C19H26N4O6. The molecule has 0 bridgehead atoms. The van der Waals surface area contributed by atoms with E-state index in [0.717, 1.165) is 11.3 Å². The average Bonchev–Trinajstić information content (AvgIpc) is 2.88. The summed E-state index contributed by atoms with van der Waals surface area (Å²) in [4.78, 5) is 48.5. The second-order valence-electron chi connectivity index (χ2n) is 6.94. The highest BCUT2D eigenvalue weighted by molar-refractivity contribution is 6.06. The molecule has 10 heteroatoms. The van der Waals surface area contributed by atoms with Crippen LogP contribution in [0.1, 0.15) is 33.6 Å². The van der Waals surface area contributed by atoms with Gasteiger partial charge in [-0.25, -0.2) is 4.79 Å². The molecule has 158 valence electrons. The summed E-state index contributed by atoms with van der Waals surface area (Å²) in [6.07, 6.45) is 0.688. The standard InChI is InChI=1S/C19H26N4O6/c1-4-11-28-13-7-5-6-8-14(13)29-12-16(25)22-21-15(24)9-10-23-17(26)19(2,3)20-18(23)27/h5-8H,4,9-12H2,1-3H3,(H,20,27)(H,21,24)(H,22,25). The molecule has 0 spiro atoms. The lowest BCUT2D eigenvalue weighted by atomic mass is 10.1. The smallest absolute Gasteiger partial charge is 0.325 e. The Labute approximate surface area is 168 Å². The van der Waals surface area contributed by atoms with Gasteiger partial charge in [-0.3, -0.25) is 30.1 Å². The van der Waals surface area contributed by atoms with Crippen LogP contribution in [-0.2, 0) is 14.4 Å². The molecule has 0 radical (unpaired) electrons. The van der Waals surface area contributed by atoms with Crippen molar-refractivity contribution in [2.24, 2.45) is 0 Å². The van der Waals surface area contributed by atoms with Crippen molar-refractivity contribution in [2.45, 2.75) is 39.2 Å². The van der Waals surface area contributed by atoms with E-state index in [1.165, 1.54) is 0 Å². The fourth-order valence-electron chi connectivity index (χ4n) is 2.52. The summed E-state index contributed by atoms with van der Waals surface area (Å²) in [5.41, 5.74) is 3.45. The van der Waals surface area contributed by atoms with Crippen molar-refractivity contribution in [3.63, 3.8) is 0 Å². The van der Waals surface area contributed by atoms with Crippen LogP contribution in [0.3, 0.4) is 0 Å². The number of nitrogens with one attached hydrogen (secondary N) is 3. The van der Waals surface area contributed by atoms with E-state index in [2.05, 4.69) is 16.2 Å². The van der Waals surface area contributed by atoms with Crippen molar-refractivity contribution in [1.29, 1.82) is 0 Å². The monoisotopic (exact) mass is 406 g/mol. The number of carbonyl (C=O) groups is 4. The highest BCUT2D eigenvalue weighted by Gasteiger charge is 2.43. The van der Waals surface area contributed by atoms with E-state index in [9.17, 15) is 19.2 Å². The molecule has 1 aliphatic heterocycles. The molecule has 3 N–H and O–H groups in total. The lowest BCUT2D eigenvalue weighted by Crippen LogP contribution is -2.45. The first kappa shape index (κ1) is 22.0. The Morgan fingerprint density at radius 2 is 1.69 bits per heavy atom. The van der Waals surface area contributed by atoms with E-state index in [-0.39, 0.29) is 19.6 Å². The van der Waals surface area contributed by atoms with Crippen LogP contribution in [0.4, 0.5) is 4.79 Å². The maximum atomic E-state index is 12.0. The van der Waals surface area contributed by atoms with Gasteiger partial charge in [0.1, 0.15) is 5.54 Å². The van der Waals surface area contributed by atoms with Crippen molar-refractivity contribution in [2.75, 3.05) is 19.8 Å². The van der Waals surface area contributed by atoms with E-state index in [4.69, 9.17) is 9.47 Å². The summed E-state index contributed by atoms with van der Waals surface area (Å²) in [5.74, 6) is -0.571. The summed E-state index contributed by atoms with van der Waals surface area (Å²) in [7, 11) is 0. The number of rotatable bonds is 9. The Hall–Kier alpha value is -3.30. The molecule has 5 amide bonds. The fraction of sp³-hybridized carbons (Fsp3) is 0.474. The highest BCUT2D eigenvalue weighted by atomic mass is 16.5. The number of hydrogen-bond donors (Lipinski definition) is 3. The summed E-state index contributed by atoms with van der Waals surface area (Å²) < 4.78 is 11.0. The molecule has 2 rings (SSSR count). The first-order valence-corrected chi connectivity index (χ1v) is 9.31. The van der Waals surface area contributed by atoms with Gasteiger partial charge in [-0.1, -0.05) is 19.1 Å². The Bertz CT molecular complexity index is 780. The fourth-order valence-corrected chi connectivity index (χ4v) is 2.52. The molecule has 1 aromatic rings. The van der Waals surface area contributed by atoms with Gasteiger partial charge in [-0.2, -0.15) is 0 Å². The average molecular weight is 406 g/mol. The third-order valence-corrected chi connectivity index (χ3v) is 4.02. The minimum atomic E-state index is -0.990. The minimum Gasteiger partial charge on any atom is -0.490 e. The van der Waals surface area contributed by atoms with Gasteiger partial charge in [0.15, 0.2) is 18.1 Å². The van der Waals surface area contributed by atoms with Crippen LogP contribution in [0.25, 0.3) is 0 Å². The first-order chi connectivity index (χ1) is 13.7. The van der Waals surface area contributed by atoms with Crippen LogP contribution in [-0.4, -0.2) is 54.0 Å². The zero-order valence-electron chi connectivity index (χ0n) is 16.7. The number of benzene rings is 1. The normalized spacial score (nSPS) is 14.9. The van der Waals surface area contributed by atoms with Crippen LogP contribution in [0.2, 0.25) is 0 Å². The van der Waals surface area contributed by atoms with Crippen molar-refractivity contribution in [1.82, 2.24) is 21.1 Å². The number of hydrazine groups is 1. The lowest BCUT2D eigenvalue weighted by Gasteiger charge is -2.16. The SMILES string of the molecule is CCCOc1ccccc1OCC(=O)NNC(=O)CCN1C(=O)NC(C)(C)C1=O. The zero-order chi connectivity index (χ0) is 21.4. The molecule has 0 saturated carbocycles. The summed E-state index contributed by atoms with van der Waals surface area (Å²) in [6.45, 7) is 5.25. The first-order valence-electron chi connectivity index (χ1n) is 9.31. The number of amides is 5. The van der Waals surface area contributed by atoms with Gasteiger partial charge in [0, 0.05) is 13.0 Å². The number of hydrogen-bond acceptors (Lipinski definition) is 6. The number of imide groups is 1. The van der Waals surface area contributed by atoms with Gasteiger partial charge in [0.05, 0.1) is 6.61 Å². The van der Waals surface area contributed by atoms with E-state index < -0.39 is 29.3 Å². The second kappa shape index (κ2) is 9.76. The number of ether oxygens (including phenoxy) is 2. The minimum absolute atomic E-state index is 0.0888. The van der Waals surface area contributed by atoms with E-state index >= 15 is 0 Å². The van der Waals surface area contributed by atoms with Crippen molar-refractivity contribution < 1.29 is 28.7 Å². The maximum Gasteiger partial charge on any atom is 0.325 e. The Morgan fingerprint density at radius 1 is 1.07 bits per heavy atom. The van der Waals surface area contributed by atoms with Crippen LogP contribution in [0.5, 0.6) is 11.5 Å². The van der Waals surface area contributed by atoms with Gasteiger partial charge in [-0.15, -0.1) is 0 Å². The van der Waals surface area contributed by atoms with Gasteiger partial charge >= 0.3 is 6.03 Å². The van der Waals surface area contributed by atoms with E-state index in [1.807, 2.05) is 6.92 Å². The summed E-state index contributed by atoms with van der Waals surface area (Å²) in [5, 5.41) is 2.53. The molecule has 0 aliphatic carbocycles. The number of urea groups is 1. The molecule has 1 aliphatic rings. The summed E-state index contributed by atoms with van der Waals surface area (Å²) in [6, 6.07) is 6.42. The molecule has 29 heavy (non-hydrogen) atoms. The molecule has 1 saturated heterocycles. The quantitative estimate of drug-likeness (QED) is 0.410. The van der Waals surface area contributed by atoms with Gasteiger partial charge in [0.2, 0.25) is 5.91 Å². The number of carbonyl (C=O) groups excluding carboxylic acids is 4. The third-order valence-electron chi connectivity index (χ3n) is 4.02. The maximum absolute atomic E-state index is 12.0. The topological polar surface area (TPSA) is 126 Å². The summed E-state index contributed by atoms with van der Waals surface area (Å²) >= 11 is 0. The molecule has 1 fully saturated rings. The van der Waals surface area contributed by atoms with Crippen LogP contribution < -0.4 is 25.6 Å². The molecule has 0 aromatic heterocycles. The van der Waals surface area contributed by atoms with Gasteiger partial charge < -0.3 is 14.8 Å². The van der Waals surface area contributed by atoms with Crippen molar-refractivity contribution in [3.05, 3.63) is 24.3 Å². The van der Waals surface area contributed by atoms with Crippen LogP contribution >= 0.6 is 0 Å². The Kier molecular flexibility index (Phi) is 7.40. The third kappa shape index (κ3) is 6.09. The molecule has 1 heterocycles. The molecule has 0 unspecified atom stereocenters. The lowest BCUT2D eigenvalue weighted by molar-refractivity contribution is -0.132. The van der Waals surface area contributed by atoms with Crippen LogP contribution in [0, 0.1) is 0 Å². The number of nitrogens with zero attached hydrogens (tertiary/aromatic N) is 1. The van der Waals surface area contributed by atoms with E-state index in [0.29, 0.717) is 18.1 Å². The predicted molar refractivity (Wildman–Crippen MR) is 103 cm³/mol. The largest absolute Gasteiger partial charge is 0.490 e. The molecule has 0 atom stereocenters. The Morgan fingerprint density at radius 3 is 2.28 bits per heavy atom. The highest BCUT2D eigenvalue weighted by Crippen LogP contribution is 2.26. The molecule has 1 aromatic carbocycles. The molecule has 10 nitrogen and oxygen atoms in total. The van der Waals surface area contributed by atoms with E-state index in [1.54, 1.807) is 38.1 Å². The van der Waals surface area contributed by atoms with Crippen LogP contribution in [0.15, 0.2) is 24.3 Å². The van der Waals surface area contributed by atoms with Gasteiger partial charge in [0.25, 0.3) is 11.8 Å². The van der Waals surface area contributed by atoms with Crippen molar-refractivity contribution >= 4 is 23.8 Å². The van der Waals surface area contributed by atoms with Crippen molar-refractivity contribution in [3.8, 4) is 11.5 Å². The Balaban J connectivity index is 1.72. The molecular weight excluding hydrogens is 380 g/mol. The van der Waals surface area contributed by atoms with Gasteiger partial charge in [-0.05, 0) is 32.4 Å². The second-order valence-corrected chi connectivity index (χ2v) is 6.94. The number of para-hydroxylation sites is 2. The predicted octanol–water partition coefficient (Wildman–Crippen LogP) is 0.722. The zero-order valence-corrected chi connectivity index (χ0v) is 16.7.